The second-order valence-electron chi connectivity index (χ2n) is 6.68. The number of rotatable bonds is 7. The molecular formula is C20H27ClN2O. The molecule has 0 saturated heterocycles. The molecule has 0 aliphatic carbocycles. The SMILES string of the molecule is CC(Cl)C(=O)N(Cc1cccn1Cc1ccccc1)C(C)C(C)C. The number of alkyl halides is 1. The van der Waals surface area contributed by atoms with Crippen LogP contribution in [0.25, 0.3) is 0 Å². The van der Waals surface area contributed by atoms with Crippen LogP contribution < -0.4 is 0 Å². The lowest BCUT2D eigenvalue weighted by Gasteiger charge is -2.33. The summed E-state index contributed by atoms with van der Waals surface area (Å²) >= 11 is 6.08. The van der Waals surface area contributed by atoms with Gasteiger partial charge in [0.15, 0.2) is 0 Å². The van der Waals surface area contributed by atoms with Crippen molar-refractivity contribution in [1.82, 2.24) is 9.47 Å². The molecule has 0 aliphatic heterocycles. The number of benzene rings is 1. The molecule has 1 aromatic heterocycles. The van der Waals surface area contributed by atoms with Gasteiger partial charge in [0.1, 0.15) is 5.38 Å². The molecule has 0 spiro atoms. The molecule has 3 nitrogen and oxygen atoms in total. The molecule has 0 bridgehead atoms. The highest BCUT2D eigenvalue weighted by Gasteiger charge is 2.26. The summed E-state index contributed by atoms with van der Waals surface area (Å²) in [5.41, 5.74) is 2.37. The van der Waals surface area contributed by atoms with E-state index in [1.165, 1.54) is 5.56 Å². The van der Waals surface area contributed by atoms with Crippen LogP contribution in [-0.4, -0.2) is 26.8 Å². The minimum absolute atomic E-state index is 0.00896. The lowest BCUT2D eigenvalue weighted by molar-refractivity contribution is -0.134. The molecule has 1 amide bonds. The molecule has 4 heteroatoms. The van der Waals surface area contributed by atoms with Gasteiger partial charge in [-0.05, 0) is 37.5 Å². The Morgan fingerprint density at radius 2 is 1.75 bits per heavy atom. The number of carbonyl (C=O) groups excluding carboxylic acids is 1. The largest absolute Gasteiger partial charge is 0.345 e. The lowest BCUT2D eigenvalue weighted by Crippen LogP contribution is -2.44. The molecule has 0 saturated carbocycles. The first-order chi connectivity index (χ1) is 11.4. The monoisotopic (exact) mass is 346 g/mol. The molecule has 130 valence electrons. The van der Waals surface area contributed by atoms with Crippen molar-refractivity contribution in [3.63, 3.8) is 0 Å². The third-order valence-corrected chi connectivity index (χ3v) is 4.72. The molecule has 1 aromatic carbocycles. The third kappa shape index (κ3) is 4.64. The molecule has 1 heterocycles. The van der Waals surface area contributed by atoms with Crippen molar-refractivity contribution < 1.29 is 4.79 Å². The maximum Gasteiger partial charge on any atom is 0.240 e. The number of aromatic nitrogens is 1. The predicted octanol–water partition coefficient (Wildman–Crippen LogP) is 4.54. The van der Waals surface area contributed by atoms with Crippen LogP contribution in [0.1, 0.15) is 39.0 Å². The fourth-order valence-corrected chi connectivity index (χ4v) is 2.84. The summed E-state index contributed by atoms with van der Waals surface area (Å²) in [5, 5.41) is -0.510. The normalized spacial score (nSPS) is 13.8. The van der Waals surface area contributed by atoms with Crippen molar-refractivity contribution in [3.05, 3.63) is 59.9 Å². The summed E-state index contributed by atoms with van der Waals surface area (Å²) in [6.07, 6.45) is 2.06. The van der Waals surface area contributed by atoms with E-state index in [1.54, 1.807) is 6.92 Å². The number of carbonyl (C=O) groups is 1. The first kappa shape index (κ1) is 18.6. The number of hydrogen-bond donors (Lipinski definition) is 0. The second kappa shape index (κ2) is 8.39. The van der Waals surface area contributed by atoms with Crippen LogP contribution in [0.3, 0.4) is 0 Å². The molecule has 0 radical (unpaired) electrons. The number of nitrogens with zero attached hydrogens (tertiary/aromatic N) is 2. The minimum Gasteiger partial charge on any atom is -0.345 e. The molecular weight excluding hydrogens is 320 g/mol. The zero-order valence-electron chi connectivity index (χ0n) is 14.9. The van der Waals surface area contributed by atoms with Gasteiger partial charge in [-0.1, -0.05) is 44.2 Å². The van der Waals surface area contributed by atoms with Crippen LogP contribution in [0.5, 0.6) is 0 Å². The zero-order valence-corrected chi connectivity index (χ0v) is 15.7. The average Bonchev–Trinajstić information content (AvgIpc) is 2.99. The first-order valence-electron chi connectivity index (χ1n) is 8.52. The minimum atomic E-state index is -0.510. The zero-order chi connectivity index (χ0) is 17.7. The highest BCUT2D eigenvalue weighted by Crippen LogP contribution is 2.18. The van der Waals surface area contributed by atoms with Gasteiger partial charge in [0.25, 0.3) is 0 Å². The Hall–Kier alpha value is -1.74. The van der Waals surface area contributed by atoms with Gasteiger partial charge in [0, 0.05) is 24.5 Å². The Morgan fingerprint density at radius 1 is 1.08 bits per heavy atom. The Labute approximate surface area is 150 Å². The molecule has 2 aromatic rings. The third-order valence-electron chi connectivity index (χ3n) is 4.53. The summed E-state index contributed by atoms with van der Waals surface area (Å²) in [7, 11) is 0. The smallest absolute Gasteiger partial charge is 0.240 e. The summed E-state index contributed by atoms with van der Waals surface area (Å²) in [6, 6.07) is 14.6. The Kier molecular flexibility index (Phi) is 6.50. The lowest BCUT2D eigenvalue weighted by atomic mass is 10.0. The highest BCUT2D eigenvalue weighted by molar-refractivity contribution is 6.30. The number of amides is 1. The predicted molar refractivity (Wildman–Crippen MR) is 100 cm³/mol. The van der Waals surface area contributed by atoms with Crippen LogP contribution in [-0.2, 0) is 17.9 Å². The van der Waals surface area contributed by atoms with Gasteiger partial charge < -0.3 is 9.47 Å². The maximum absolute atomic E-state index is 12.6. The molecule has 0 aliphatic rings. The van der Waals surface area contributed by atoms with Crippen molar-refractivity contribution in [2.75, 3.05) is 0 Å². The van der Waals surface area contributed by atoms with Crippen LogP contribution in [0.2, 0.25) is 0 Å². The first-order valence-corrected chi connectivity index (χ1v) is 8.96. The summed E-state index contributed by atoms with van der Waals surface area (Å²) in [6.45, 7) is 9.48. The van der Waals surface area contributed by atoms with E-state index >= 15 is 0 Å². The van der Waals surface area contributed by atoms with Gasteiger partial charge in [-0.15, -0.1) is 11.6 Å². The van der Waals surface area contributed by atoms with Crippen LogP contribution in [0.4, 0.5) is 0 Å². The van der Waals surface area contributed by atoms with Gasteiger partial charge >= 0.3 is 0 Å². The Morgan fingerprint density at radius 3 is 2.33 bits per heavy atom. The average molecular weight is 347 g/mol. The van der Waals surface area contributed by atoms with Gasteiger partial charge in [-0.3, -0.25) is 4.79 Å². The van der Waals surface area contributed by atoms with Crippen molar-refractivity contribution in [2.45, 2.75) is 52.2 Å². The molecule has 24 heavy (non-hydrogen) atoms. The fraction of sp³-hybridized carbons (Fsp3) is 0.450. The van der Waals surface area contributed by atoms with Crippen molar-refractivity contribution in [3.8, 4) is 0 Å². The summed E-state index contributed by atoms with van der Waals surface area (Å²) < 4.78 is 2.20. The fourth-order valence-electron chi connectivity index (χ4n) is 2.71. The van der Waals surface area contributed by atoms with Crippen LogP contribution in [0.15, 0.2) is 48.7 Å². The summed E-state index contributed by atoms with van der Waals surface area (Å²) in [4.78, 5) is 14.5. The highest BCUT2D eigenvalue weighted by atomic mass is 35.5. The molecule has 0 N–H and O–H groups in total. The Bertz CT molecular complexity index is 649. The molecule has 2 atom stereocenters. The van der Waals surface area contributed by atoms with E-state index in [-0.39, 0.29) is 11.9 Å². The molecule has 2 unspecified atom stereocenters. The van der Waals surface area contributed by atoms with Crippen molar-refractivity contribution in [1.29, 1.82) is 0 Å². The quantitative estimate of drug-likeness (QED) is 0.676. The van der Waals surface area contributed by atoms with E-state index in [9.17, 15) is 4.79 Å². The topological polar surface area (TPSA) is 25.2 Å². The van der Waals surface area contributed by atoms with Crippen molar-refractivity contribution in [2.24, 2.45) is 5.92 Å². The van der Waals surface area contributed by atoms with E-state index < -0.39 is 5.38 Å². The second-order valence-corrected chi connectivity index (χ2v) is 7.33. The van der Waals surface area contributed by atoms with Crippen LogP contribution >= 0.6 is 11.6 Å². The van der Waals surface area contributed by atoms with E-state index in [1.807, 2.05) is 29.2 Å². The molecule has 0 fully saturated rings. The standard InChI is InChI=1S/C20H27ClN2O/c1-15(2)17(4)23(20(24)16(3)21)14-19-11-8-12-22(19)13-18-9-6-5-7-10-18/h5-12,15-17H,13-14H2,1-4H3. The van der Waals surface area contributed by atoms with E-state index in [0.717, 1.165) is 12.2 Å². The Balaban J connectivity index is 2.21. The van der Waals surface area contributed by atoms with E-state index in [4.69, 9.17) is 11.6 Å². The molecule has 2 rings (SSSR count). The van der Waals surface area contributed by atoms with E-state index in [2.05, 4.69) is 49.7 Å². The van der Waals surface area contributed by atoms with Gasteiger partial charge in [-0.2, -0.15) is 0 Å². The van der Waals surface area contributed by atoms with Gasteiger partial charge in [0.05, 0.1) is 6.54 Å². The van der Waals surface area contributed by atoms with Crippen molar-refractivity contribution >= 4 is 17.5 Å². The number of hydrogen-bond acceptors (Lipinski definition) is 1. The summed E-state index contributed by atoms with van der Waals surface area (Å²) in [5.74, 6) is 0.368. The van der Waals surface area contributed by atoms with Gasteiger partial charge in [0.2, 0.25) is 5.91 Å². The van der Waals surface area contributed by atoms with Crippen LogP contribution in [0, 0.1) is 5.92 Å². The van der Waals surface area contributed by atoms with E-state index in [0.29, 0.717) is 12.5 Å². The van der Waals surface area contributed by atoms with Gasteiger partial charge in [-0.25, -0.2) is 0 Å². The maximum atomic E-state index is 12.6. The number of halogens is 1.